The van der Waals surface area contributed by atoms with Gasteiger partial charge in [0.05, 0.1) is 6.61 Å². The van der Waals surface area contributed by atoms with Crippen molar-refractivity contribution in [1.82, 2.24) is 5.32 Å². The molecule has 1 aromatic carbocycles. The molecule has 0 amide bonds. The van der Waals surface area contributed by atoms with E-state index in [1.54, 1.807) is 0 Å². The predicted octanol–water partition coefficient (Wildman–Crippen LogP) is 4.20. The molecule has 1 fully saturated rings. The monoisotopic (exact) mass is 275 g/mol. The van der Waals surface area contributed by atoms with Gasteiger partial charge in [0.1, 0.15) is 5.75 Å². The highest BCUT2D eigenvalue weighted by Crippen LogP contribution is 2.32. The van der Waals surface area contributed by atoms with Crippen molar-refractivity contribution >= 4 is 0 Å². The third kappa shape index (κ3) is 4.82. The van der Waals surface area contributed by atoms with Crippen molar-refractivity contribution in [2.24, 2.45) is 0 Å². The minimum atomic E-state index is 0.135. The van der Waals surface area contributed by atoms with Crippen LogP contribution in [-0.4, -0.2) is 19.2 Å². The molecule has 0 aromatic heterocycles. The first-order valence-electron chi connectivity index (χ1n) is 7.94. The zero-order valence-corrected chi connectivity index (χ0v) is 13.5. The fraction of sp³-hybridized carbons (Fsp3) is 0.667. The SMILES string of the molecule is Cc1ccc(C(C)(C)C)c(OCCCCNC2CC2)c1. The maximum Gasteiger partial charge on any atom is 0.123 e. The summed E-state index contributed by atoms with van der Waals surface area (Å²) in [4.78, 5) is 0. The number of unbranched alkanes of at least 4 members (excludes halogenated alkanes) is 1. The summed E-state index contributed by atoms with van der Waals surface area (Å²) in [5, 5.41) is 3.54. The average Bonchev–Trinajstić information content (AvgIpc) is 3.16. The molecule has 0 unspecified atom stereocenters. The normalized spacial score (nSPS) is 15.4. The molecule has 112 valence electrons. The van der Waals surface area contributed by atoms with Gasteiger partial charge in [0.15, 0.2) is 0 Å². The van der Waals surface area contributed by atoms with E-state index in [2.05, 4.69) is 51.2 Å². The van der Waals surface area contributed by atoms with E-state index in [0.717, 1.165) is 31.4 Å². The first-order chi connectivity index (χ1) is 9.47. The Balaban J connectivity index is 1.79. The number of hydrogen-bond acceptors (Lipinski definition) is 2. The molecule has 0 radical (unpaired) electrons. The van der Waals surface area contributed by atoms with E-state index in [0.29, 0.717) is 0 Å². The summed E-state index contributed by atoms with van der Waals surface area (Å²) in [5.41, 5.74) is 2.71. The number of hydrogen-bond donors (Lipinski definition) is 1. The van der Waals surface area contributed by atoms with Crippen LogP contribution in [0.1, 0.15) is 57.6 Å². The molecule has 2 heteroatoms. The standard InChI is InChI=1S/C18H29NO/c1-14-7-10-16(18(2,3)4)17(13-14)20-12-6-5-11-19-15-8-9-15/h7,10,13,15,19H,5-6,8-9,11-12H2,1-4H3. The van der Waals surface area contributed by atoms with Gasteiger partial charge in [-0.2, -0.15) is 0 Å². The van der Waals surface area contributed by atoms with Gasteiger partial charge in [-0.25, -0.2) is 0 Å². The van der Waals surface area contributed by atoms with Crippen LogP contribution in [0.4, 0.5) is 0 Å². The van der Waals surface area contributed by atoms with E-state index in [9.17, 15) is 0 Å². The second-order valence-corrected chi connectivity index (χ2v) is 7.03. The maximum atomic E-state index is 6.04. The van der Waals surface area contributed by atoms with Gasteiger partial charge < -0.3 is 10.1 Å². The lowest BCUT2D eigenvalue weighted by atomic mass is 9.86. The molecule has 20 heavy (non-hydrogen) atoms. The first-order valence-corrected chi connectivity index (χ1v) is 7.94. The van der Waals surface area contributed by atoms with Gasteiger partial charge in [0.2, 0.25) is 0 Å². The molecular formula is C18H29NO. The third-order valence-corrected chi connectivity index (χ3v) is 3.78. The molecule has 2 rings (SSSR count). The van der Waals surface area contributed by atoms with Crippen molar-refractivity contribution in [3.63, 3.8) is 0 Å². The van der Waals surface area contributed by atoms with Crippen LogP contribution in [0.25, 0.3) is 0 Å². The predicted molar refractivity (Wildman–Crippen MR) is 85.6 cm³/mol. The lowest BCUT2D eigenvalue weighted by Gasteiger charge is -2.23. The summed E-state index contributed by atoms with van der Waals surface area (Å²) < 4.78 is 6.04. The Hall–Kier alpha value is -1.02. The summed E-state index contributed by atoms with van der Waals surface area (Å²) in [5.74, 6) is 1.06. The van der Waals surface area contributed by atoms with Crippen molar-refractivity contribution in [1.29, 1.82) is 0 Å². The fourth-order valence-electron chi connectivity index (χ4n) is 2.37. The van der Waals surface area contributed by atoms with E-state index in [-0.39, 0.29) is 5.41 Å². The second-order valence-electron chi connectivity index (χ2n) is 7.03. The van der Waals surface area contributed by atoms with Crippen LogP contribution in [0.3, 0.4) is 0 Å². The summed E-state index contributed by atoms with van der Waals surface area (Å²) in [6.45, 7) is 10.8. The van der Waals surface area contributed by atoms with Crippen LogP contribution in [0.5, 0.6) is 5.75 Å². The quantitative estimate of drug-likeness (QED) is 0.753. The Kier molecular flexibility index (Phi) is 5.09. The molecule has 0 atom stereocenters. The number of ether oxygens (including phenoxy) is 1. The highest BCUT2D eigenvalue weighted by atomic mass is 16.5. The summed E-state index contributed by atoms with van der Waals surface area (Å²) in [6.07, 6.45) is 5.06. The van der Waals surface area contributed by atoms with Gasteiger partial charge in [-0.1, -0.05) is 32.9 Å². The molecule has 1 saturated carbocycles. The topological polar surface area (TPSA) is 21.3 Å². The minimum Gasteiger partial charge on any atom is -0.493 e. The highest BCUT2D eigenvalue weighted by Gasteiger charge is 2.20. The number of rotatable bonds is 7. The smallest absolute Gasteiger partial charge is 0.123 e. The molecule has 0 saturated heterocycles. The number of aryl methyl sites for hydroxylation is 1. The average molecular weight is 275 g/mol. The van der Waals surface area contributed by atoms with Crippen LogP contribution in [-0.2, 0) is 5.41 Å². The second kappa shape index (κ2) is 6.62. The lowest BCUT2D eigenvalue weighted by Crippen LogP contribution is -2.18. The van der Waals surface area contributed by atoms with Crippen molar-refractivity contribution in [2.75, 3.05) is 13.2 Å². The van der Waals surface area contributed by atoms with E-state index in [1.165, 1.54) is 30.4 Å². The van der Waals surface area contributed by atoms with Gasteiger partial charge in [0.25, 0.3) is 0 Å². The Morgan fingerprint density at radius 2 is 1.95 bits per heavy atom. The molecule has 1 aliphatic carbocycles. The molecular weight excluding hydrogens is 246 g/mol. The Morgan fingerprint density at radius 1 is 1.20 bits per heavy atom. The van der Waals surface area contributed by atoms with Gasteiger partial charge in [-0.05, 0) is 61.8 Å². The van der Waals surface area contributed by atoms with Gasteiger partial charge in [-0.15, -0.1) is 0 Å². The van der Waals surface area contributed by atoms with E-state index in [4.69, 9.17) is 4.74 Å². The zero-order chi connectivity index (χ0) is 14.6. The summed E-state index contributed by atoms with van der Waals surface area (Å²) >= 11 is 0. The van der Waals surface area contributed by atoms with E-state index >= 15 is 0 Å². The molecule has 0 bridgehead atoms. The molecule has 0 spiro atoms. The van der Waals surface area contributed by atoms with Gasteiger partial charge >= 0.3 is 0 Å². The third-order valence-electron chi connectivity index (χ3n) is 3.78. The Labute approximate surface area is 123 Å². The highest BCUT2D eigenvalue weighted by molar-refractivity contribution is 5.41. The van der Waals surface area contributed by atoms with E-state index in [1.807, 2.05) is 0 Å². The molecule has 1 aliphatic rings. The molecule has 2 nitrogen and oxygen atoms in total. The van der Waals surface area contributed by atoms with Gasteiger partial charge in [-0.3, -0.25) is 0 Å². The van der Waals surface area contributed by atoms with Crippen LogP contribution >= 0.6 is 0 Å². The van der Waals surface area contributed by atoms with E-state index < -0.39 is 0 Å². The Morgan fingerprint density at radius 3 is 2.60 bits per heavy atom. The molecule has 1 aromatic rings. The van der Waals surface area contributed by atoms with Crippen LogP contribution in [0.2, 0.25) is 0 Å². The molecule has 0 heterocycles. The Bertz CT molecular complexity index is 430. The van der Waals surface area contributed by atoms with Gasteiger partial charge in [0, 0.05) is 6.04 Å². The van der Waals surface area contributed by atoms with Crippen molar-refractivity contribution in [3.05, 3.63) is 29.3 Å². The molecule has 0 aliphatic heterocycles. The van der Waals surface area contributed by atoms with Crippen molar-refractivity contribution in [3.8, 4) is 5.75 Å². The lowest BCUT2D eigenvalue weighted by molar-refractivity contribution is 0.297. The zero-order valence-electron chi connectivity index (χ0n) is 13.5. The first kappa shape index (κ1) is 15.4. The summed E-state index contributed by atoms with van der Waals surface area (Å²) in [7, 11) is 0. The van der Waals surface area contributed by atoms with Crippen LogP contribution in [0, 0.1) is 6.92 Å². The minimum absolute atomic E-state index is 0.135. The fourth-order valence-corrected chi connectivity index (χ4v) is 2.37. The summed E-state index contributed by atoms with van der Waals surface area (Å²) in [6, 6.07) is 7.37. The largest absolute Gasteiger partial charge is 0.493 e. The number of nitrogens with one attached hydrogen (secondary N) is 1. The van der Waals surface area contributed by atoms with Crippen LogP contribution < -0.4 is 10.1 Å². The number of benzene rings is 1. The maximum absolute atomic E-state index is 6.04. The van der Waals surface area contributed by atoms with Crippen molar-refractivity contribution < 1.29 is 4.74 Å². The molecule has 1 N–H and O–H groups in total. The van der Waals surface area contributed by atoms with Crippen LogP contribution in [0.15, 0.2) is 18.2 Å². The van der Waals surface area contributed by atoms with Crippen molar-refractivity contribution in [2.45, 2.75) is 64.8 Å².